The molecule has 0 N–H and O–H groups in total. The first-order valence-electron chi connectivity index (χ1n) is 3.42. The Morgan fingerprint density at radius 3 is 2.70 bits per heavy atom. The van der Waals surface area contributed by atoms with Crippen molar-refractivity contribution >= 4 is 6.29 Å². The summed E-state index contributed by atoms with van der Waals surface area (Å²) in [5.41, 5.74) is 0. The van der Waals surface area contributed by atoms with Gasteiger partial charge in [-0.15, -0.1) is 0 Å². The first kappa shape index (κ1) is 9.59. The molecule has 60 valence electrons. The molecule has 0 bridgehead atoms. The van der Waals surface area contributed by atoms with Gasteiger partial charge in [0, 0.05) is 20.1 Å². The van der Waals surface area contributed by atoms with Crippen LogP contribution in [0.5, 0.6) is 0 Å². The fourth-order valence-electron chi connectivity index (χ4n) is 0.513. The zero-order valence-electron chi connectivity index (χ0n) is 6.34. The van der Waals surface area contributed by atoms with Crippen molar-refractivity contribution in [1.82, 2.24) is 0 Å². The van der Waals surface area contributed by atoms with E-state index < -0.39 is 0 Å². The molecule has 0 aliphatic rings. The zero-order valence-corrected chi connectivity index (χ0v) is 6.34. The van der Waals surface area contributed by atoms with Gasteiger partial charge in [-0.2, -0.15) is 0 Å². The van der Waals surface area contributed by atoms with E-state index in [0.29, 0.717) is 26.2 Å². The Kier molecular flexibility index (Phi) is 8.24. The van der Waals surface area contributed by atoms with Crippen molar-refractivity contribution in [1.29, 1.82) is 0 Å². The number of aldehydes is 1. The van der Waals surface area contributed by atoms with Gasteiger partial charge >= 0.3 is 0 Å². The Labute approximate surface area is 61.3 Å². The predicted molar refractivity (Wildman–Crippen MR) is 38.0 cm³/mol. The number of hydrogen-bond donors (Lipinski definition) is 0. The van der Waals surface area contributed by atoms with E-state index in [2.05, 4.69) is 0 Å². The molecular weight excluding hydrogens is 132 g/mol. The minimum atomic E-state index is 0.590. The molecule has 0 spiro atoms. The van der Waals surface area contributed by atoms with Crippen molar-refractivity contribution in [3.63, 3.8) is 0 Å². The van der Waals surface area contributed by atoms with Crippen molar-refractivity contribution in [2.24, 2.45) is 0 Å². The molecule has 0 heterocycles. The van der Waals surface area contributed by atoms with Crippen molar-refractivity contribution in [2.75, 3.05) is 26.9 Å². The summed E-state index contributed by atoms with van der Waals surface area (Å²) in [4.78, 5) is 9.81. The number of methoxy groups -OCH3 is 1. The van der Waals surface area contributed by atoms with Gasteiger partial charge in [-0.25, -0.2) is 0 Å². The number of ether oxygens (including phenoxy) is 2. The Balaban J connectivity index is 2.70. The van der Waals surface area contributed by atoms with E-state index >= 15 is 0 Å². The van der Waals surface area contributed by atoms with Crippen molar-refractivity contribution < 1.29 is 14.3 Å². The first-order valence-corrected chi connectivity index (χ1v) is 3.42. The van der Waals surface area contributed by atoms with Gasteiger partial charge < -0.3 is 14.3 Å². The molecule has 0 rings (SSSR count). The van der Waals surface area contributed by atoms with Gasteiger partial charge in [0.15, 0.2) is 0 Å². The van der Waals surface area contributed by atoms with E-state index in [9.17, 15) is 4.79 Å². The predicted octanol–water partition coefficient (Wildman–Crippen LogP) is 0.629. The summed E-state index contributed by atoms with van der Waals surface area (Å²) in [6, 6.07) is 0. The zero-order chi connectivity index (χ0) is 7.66. The van der Waals surface area contributed by atoms with Crippen LogP contribution in [0.25, 0.3) is 0 Å². The molecule has 0 radical (unpaired) electrons. The standard InChI is InChI=1S/C7H14O3/c1-9-6-7-10-5-3-2-4-8/h4H,2-3,5-7H2,1H3. The highest BCUT2D eigenvalue weighted by Crippen LogP contribution is 1.85. The van der Waals surface area contributed by atoms with Gasteiger partial charge in [-0.05, 0) is 6.42 Å². The molecule has 0 aromatic heterocycles. The van der Waals surface area contributed by atoms with Crippen LogP contribution in [0.4, 0.5) is 0 Å². The van der Waals surface area contributed by atoms with Crippen LogP contribution in [-0.2, 0) is 14.3 Å². The lowest BCUT2D eigenvalue weighted by molar-refractivity contribution is -0.108. The highest BCUT2D eigenvalue weighted by Gasteiger charge is 1.86. The fourth-order valence-corrected chi connectivity index (χ4v) is 0.513. The van der Waals surface area contributed by atoms with Crippen molar-refractivity contribution in [3.05, 3.63) is 0 Å². The third-order valence-corrected chi connectivity index (χ3v) is 1.04. The Morgan fingerprint density at radius 2 is 2.10 bits per heavy atom. The summed E-state index contributed by atoms with van der Waals surface area (Å²) in [5.74, 6) is 0. The molecule has 0 aliphatic carbocycles. The molecule has 0 atom stereocenters. The van der Waals surface area contributed by atoms with E-state index in [0.717, 1.165) is 12.7 Å². The molecule has 0 unspecified atom stereocenters. The van der Waals surface area contributed by atoms with Crippen LogP contribution in [0, 0.1) is 0 Å². The smallest absolute Gasteiger partial charge is 0.120 e. The molecule has 0 aliphatic heterocycles. The Bertz CT molecular complexity index is 73.3. The van der Waals surface area contributed by atoms with Gasteiger partial charge in [0.25, 0.3) is 0 Å². The maximum Gasteiger partial charge on any atom is 0.120 e. The normalized spacial score (nSPS) is 9.70. The molecule has 0 saturated heterocycles. The third kappa shape index (κ3) is 7.59. The molecule has 10 heavy (non-hydrogen) atoms. The number of carbonyl (C=O) groups is 1. The molecule has 3 heteroatoms. The lowest BCUT2D eigenvalue weighted by Crippen LogP contribution is -2.02. The van der Waals surface area contributed by atoms with Crippen LogP contribution < -0.4 is 0 Å². The quantitative estimate of drug-likeness (QED) is 0.390. The van der Waals surface area contributed by atoms with Crippen LogP contribution in [0.3, 0.4) is 0 Å². The summed E-state index contributed by atoms with van der Waals surface area (Å²) in [5, 5.41) is 0. The van der Waals surface area contributed by atoms with Gasteiger partial charge in [0.2, 0.25) is 0 Å². The second kappa shape index (κ2) is 8.59. The lowest BCUT2D eigenvalue weighted by Gasteiger charge is -1.99. The maximum absolute atomic E-state index is 9.81. The SMILES string of the molecule is COCCOCCCC=O. The van der Waals surface area contributed by atoms with Crippen LogP contribution in [0.2, 0.25) is 0 Å². The van der Waals surface area contributed by atoms with Crippen molar-refractivity contribution in [3.8, 4) is 0 Å². The summed E-state index contributed by atoms with van der Waals surface area (Å²) in [6.07, 6.45) is 2.31. The summed E-state index contributed by atoms with van der Waals surface area (Å²) in [7, 11) is 1.63. The largest absolute Gasteiger partial charge is 0.382 e. The number of unbranched alkanes of at least 4 members (excludes halogenated alkanes) is 1. The van der Waals surface area contributed by atoms with Crippen LogP contribution in [0.1, 0.15) is 12.8 Å². The second-order valence-corrected chi connectivity index (χ2v) is 1.91. The van der Waals surface area contributed by atoms with E-state index in [4.69, 9.17) is 9.47 Å². The minimum absolute atomic E-state index is 0.590. The summed E-state index contributed by atoms with van der Waals surface area (Å²) < 4.78 is 9.85. The molecule has 0 amide bonds. The van der Waals surface area contributed by atoms with Crippen molar-refractivity contribution in [2.45, 2.75) is 12.8 Å². The van der Waals surface area contributed by atoms with E-state index in [-0.39, 0.29) is 0 Å². The molecule has 0 saturated carbocycles. The first-order chi connectivity index (χ1) is 4.91. The lowest BCUT2D eigenvalue weighted by atomic mass is 10.3. The highest BCUT2D eigenvalue weighted by molar-refractivity contribution is 5.48. The van der Waals surface area contributed by atoms with Gasteiger partial charge in [-0.1, -0.05) is 0 Å². The average molecular weight is 146 g/mol. The maximum atomic E-state index is 9.81. The van der Waals surface area contributed by atoms with Gasteiger partial charge in [0.1, 0.15) is 6.29 Å². The molecular formula is C7H14O3. The van der Waals surface area contributed by atoms with E-state index in [1.165, 1.54) is 0 Å². The fraction of sp³-hybridized carbons (Fsp3) is 0.857. The van der Waals surface area contributed by atoms with Gasteiger partial charge in [0.05, 0.1) is 13.2 Å². The number of hydrogen-bond acceptors (Lipinski definition) is 3. The van der Waals surface area contributed by atoms with E-state index in [1.54, 1.807) is 7.11 Å². The topological polar surface area (TPSA) is 35.5 Å². The van der Waals surface area contributed by atoms with Crippen LogP contribution >= 0.6 is 0 Å². The average Bonchev–Trinajstić information content (AvgIpc) is 1.97. The molecule has 3 nitrogen and oxygen atoms in total. The molecule has 0 aromatic carbocycles. The van der Waals surface area contributed by atoms with Gasteiger partial charge in [-0.3, -0.25) is 0 Å². The number of carbonyl (C=O) groups excluding carboxylic acids is 1. The van der Waals surface area contributed by atoms with Crippen LogP contribution in [-0.4, -0.2) is 33.2 Å². The van der Waals surface area contributed by atoms with Crippen LogP contribution in [0.15, 0.2) is 0 Å². The summed E-state index contributed by atoms with van der Waals surface area (Å²) >= 11 is 0. The number of rotatable bonds is 7. The Hall–Kier alpha value is -0.410. The third-order valence-electron chi connectivity index (χ3n) is 1.04. The highest BCUT2D eigenvalue weighted by atomic mass is 16.5. The van der Waals surface area contributed by atoms with E-state index in [1.807, 2.05) is 0 Å². The summed E-state index contributed by atoms with van der Waals surface area (Å²) in [6.45, 7) is 1.90. The monoisotopic (exact) mass is 146 g/mol. The Morgan fingerprint density at radius 1 is 1.30 bits per heavy atom. The molecule has 0 fully saturated rings. The second-order valence-electron chi connectivity index (χ2n) is 1.91. The minimum Gasteiger partial charge on any atom is -0.382 e. The molecule has 0 aromatic rings.